The van der Waals surface area contributed by atoms with Crippen LogP contribution in [0.3, 0.4) is 0 Å². The highest BCUT2D eigenvalue weighted by Gasteiger charge is 2.32. The van der Waals surface area contributed by atoms with Gasteiger partial charge in [0.15, 0.2) is 0 Å². The molecule has 2 rings (SSSR count). The normalized spacial score (nSPS) is 14.6. The Hall–Kier alpha value is -1.51. The second-order valence-corrected chi connectivity index (χ2v) is 7.92. The van der Waals surface area contributed by atoms with Gasteiger partial charge in [-0.15, -0.1) is 0 Å². The minimum Gasteiger partial charge on any atom is -0.497 e. The number of aryl methyl sites for hydroxylation is 2. The Bertz CT molecular complexity index is 791. The standard InChI is InChI=1S/C22H26Cl2O2/c1-12-7-8-18(26-6)11-19(12)22(15(4)14(3)16(5)25)21-13(2)9-17(23)10-20(21)24/h7-11,14-15,22H,1-6H3. The first-order valence-corrected chi connectivity index (χ1v) is 9.53. The van der Waals surface area contributed by atoms with Gasteiger partial charge >= 0.3 is 0 Å². The van der Waals surface area contributed by atoms with Crippen LogP contribution >= 0.6 is 23.2 Å². The number of benzene rings is 2. The average molecular weight is 393 g/mol. The van der Waals surface area contributed by atoms with Crippen LogP contribution in [0, 0.1) is 25.7 Å². The van der Waals surface area contributed by atoms with Crippen molar-refractivity contribution >= 4 is 29.0 Å². The van der Waals surface area contributed by atoms with E-state index >= 15 is 0 Å². The first-order valence-electron chi connectivity index (χ1n) is 8.77. The van der Waals surface area contributed by atoms with Gasteiger partial charge in [0.25, 0.3) is 0 Å². The van der Waals surface area contributed by atoms with Crippen molar-refractivity contribution in [1.82, 2.24) is 0 Å². The molecule has 0 heterocycles. The van der Waals surface area contributed by atoms with Crippen LogP contribution in [0.2, 0.25) is 10.0 Å². The highest BCUT2D eigenvalue weighted by molar-refractivity contribution is 6.35. The Balaban J connectivity index is 2.74. The third-order valence-electron chi connectivity index (χ3n) is 5.39. The third kappa shape index (κ3) is 4.24. The molecule has 0 amide bonds. The fourth-order valence-electron chi connectivity index (χ4n) is 3.55. The summed E-state index contributed by atoms with van der Waals surface area (Å²) < 4.78 is 5.44. The van der Waals surface area contributed by atoms with Gasteiger partial charge in [-0.3, -0.25) is 4.79 Å². The molecule has 0 aliphatic rings. The summed E-state index contributed by atoms with van der Waals surface area (Å²) in [6, 6.07) is 9.75. The summed E-state index contributed by atoms with van der Waals surface area (Å²) in [5, 5.41) is 1.24. The number of carbonyl (C=O) groups excluding carboxylic acids is 1. The van der Waals surface area contributed by atoms with Crippen LogP contribution in [0.15, 0.2) is 30.3 Å². The van der Waals surface area contributed by atoms with Crippen molar-refractivity contribution < 1.29 is 9.53 Å². The number of halogens is 2. The number of ether oxygens (including phenoxy) is 1. The summed E-state index contributed by atoms with van der Waals surface area (Å²) in [6.07, 6.45) is 0. The lowest BCUT2D eigenvalue weighted by molar-refractivity contribution is -0.121. The number of carbonyl (C=O) groups is 1. The Kier molecular flexibility index (Phi) is 6.76. The first-order chi connectivity index (χ1) is 12.2. The quantitative estimate of drug-likeness (QED) is 0.552. The molecule has 0 N–H and O–H groups in total. The molecule has 3 unspecified atom stereocenters. The smallest absolute Gasteiger partial charge is 0.132 e. The minimum atomic E-state index is -0.100. The Morgan fingerprint density at radius 1 is 1.04 bits per heavy atom. The summed E-state index contributed by atoms with van der Waals surface area (Å²) in [6.45, 7) is 9.83. The van der Waals surface area contributed by atoms with E-state index in [0.29, 0.717) is 10.0 Å². The molecule has 3 atom stereocenters. The fraction of sp³-hybridized carbons (Fsp3) is 0.409. The van der Waals surface area contributed by atoms with Gasteiger partial charge in [0.05, 0.1) is 7.11 Å². The summed E-state index contributed by atoms with van der Waals surface area (Å²) in [5.74, 6) is 0.896. The van der Waals surface area contributed by atoms with Gasteiger partial charge in [0, 0.05) is 21.9 Å². The van der Waals surface area contributed by atoms with Crippen LogP contribution in [0.1, 0.15) is 48.9 Å². The van der Waals surface area contributed by atoms with Crippen LogP contribution in [0.25, 0.3) is 0 Å². The van der Waals surface area contributed by atoms with Crippen molar-refractivity contribution in [3.8, 4) is 5.75 Å². The monoisotopic (exact) mass is 392 g/mol. The molecule has 0 aromatic heterocycles. The number of hydrogen-bond acceptors (Lipinski definition) is 2. The lowest BCUT2D eigenvalue weighted by Crippen LogP contribution is -2.25. The molecule has 2 aromatic carbocycles. The highest BCUT2D eigenvalue weighted by atomic mass is 35.5. The summed E-state index contributed by atoms with van der Waals surface area (Å²) >= 11 is 12.8. The van der Waals surface area contributed by atoms with Crippen LogP contribution in [0.5, 0.6) is 5.75 Å². The van der Waals surface area contributed by atoms with E-state index in [1.165, 1.54) is 0 Å². The second kappa shape index (κ2) is 8.45. The second-order valence-electron chi connectivity index (χ2n) is 7.08. The Labute approximate surface area is 166 Å². The van der Waals surface area contributed by atoms with Crippen molar-refractivity contribution in [2.75, 3.05) is 7.11 Å². The number of rotatable bonds is 6. The number of Topliss-reactive ketones (excluding diaryl/α,β-unsaturated/α-hetero) is 1. The number of ketones is 1. The van der Waals surface area contributed by atoms with Crippen LogP contribution in [-0.4, -0.2) is 12.9 Å². The predicted molar refractivity (Wildman–Crippen MR) is 110 cm³/mol. The van der Waals surface area contributed by atoms with Gasteiger partial charge < -0.3 is 4.74 Å². The Morgan fingerprint density at radius 3 is 2.23 bits per heavy atom. The zero-order chi connectivity index (χ0) is 19.6. The van der Waals surface area contributed by atoms with Crippen molar-refractivity contribution in [3.63, 3.8) is 0 Å². The van der Waals surface area contributed by atoms with E-state index in [9.17, 15) is 4.79 Å². The average Bonchev–Trinajstić information content (AvgIpc) is 2.57. The zero-order valence-corrected chi connectivity index (χ0v) is 17.7. The maximum atomic E-state index is 12.1. The molecule has 0 saturated carbocycles. The van der Waals surface area contributed by atoms with Gasteiger partial charge in [-0.2, -0.15) is 0 Å². The molecule has 0 aliphatic heterocycles. The van der Waals surface area contributed by atoms with Crippen LogP contribution < -0.4 is 4.74 Å². The van der Waals surface area contributed by atoms with Gasteiger partial charge in [0.2, 0.25) is 0 Å². The summed E-state index contributed by atoms with van der Waals surface area (Å²) in [7, 11) is 1.66. The van der Waals surface area contributed by atoms with Gasteiger partial charge in [-0.1, -0.05) is 43.1 Å². The molecule has 0 aliphatic carbocycles. The molecule has 0 spiro atoms. The molecule has 0 radical (unpaired) electrons. The van der Waals surface area contributed by atoms with E-state index in [1.54, 1.807) is 20.1 Å². The van der Waals surface area contributed by atoms with E-state index in [-0.39, 0.29) is 23.5 Å². The topological polar surface area (TPSA) is 26.3 Å². The molecule has 2 nitrogen and oxygen atoms in total. The number of hydrogen-bond donors (Lipinski definition) is 0. The van der Waals surface area contributed by atoms with E-state index in [0.717, 1.165) is 28.0 Å². The van der Waals surface area contributed by atoms with Crippen molar-refractivity contribution in [3.05, 3.63) is 62.6 Å². The molecule has 4 heteroatoms. The molecule has 2 aromatic rings. The van der Waals surface area contributed by atoms with Crippen molar-refractivity contribution in [1.29, 1.82) is 0 Å². The largest absolute Gasteiger partial charge is 0.497 e. The fourth-order valence-corrected chi connectivity index (χ4v) is 4.26. The number of methoxy groups -OCH3 is 1. The molecular formula is C22H26Cl2O2. The molecule has 0 bridgehead atoms. The molecule has 0 saturated heterocycles. The van der Waals surface area contributed by atoms with Gasteiger partial charge in [0.1, 0.15) is 11.5 Å². The van der Waals surface area contributed by atoms with Gasteiger partial charge in [-0.05, 0) is 73.2 Å². The van der Waals surface area contributed by atoms with E-state index < -0.39 is 0 Å². The van der Waals surface area contributed by atoms with E-state index in [1.807, 2.05) is 38.1 Å². The molecule has 140 valence electrons. The third-order valence-corrected chi connectivity index (χ3v) is 5.92. The maximum absolute atomic E-state index is 12.1. The van der Waals surface area contributed by atoms with Crippen LogP contribution in [-0.2, 0) is 4.79 Å². The predicted octanol–water partition coefficient (Wildman–Crippen LogP) is 6.61. The van der Waals surface area contributed by atoms with Crippen molar-refractivity contribution in [2.45, 2.75) is 40.5 Å². The minimum absolute atomic E-state index is 0.0335. The lowest BCUT2D eigenvalue weighted by Gasteiger charge is -2.32. The maximum Gasteiger partial charge on any atom is 0.132 e. The molecular weight excluding hydrogens is 367 g/mol. The van der Waals surface area contributed by atoms with Gasteiger partial charge in [-0.25, -0.2) is 0 Å². The highest BCUT2D eigenvalue weighted by Crippen LogP contribution is 2.44. The zero-order valence-electron chi connectivity index (χ0n) is 16.2. The van der Waals surface area contributed by atoms with Crippen molar-refractivity contribution in [2.24, 2.45) is 11.8 Å². The summed E-state index contributed by atoms with van der Waals surface area (Å²) in [4.78, 5) is 12.1. The summed E-state index contributed by atoms with van der Waals surface area (Å²) in [5.41, 5.74) is 4.31. The first kappa shape index (κ1) is 20.8. The Morgan fingerprint density at radius 2 is 1.69 bits per heavy atom. The SMILES string of the molecule is COc1ccc(C)c(C(c2c(C)cc(Cl)cc2Cl)C(C)C(C)C(C)=O)c1. The molecule has 0 fully saturated rings. The molecule has 26 heavy (non-hydrogen) atoms. The van der Waals surface area contributed by atoms with E-state index in [4.69, 9.17) is 27.9 Å². The van der Waals surface area contributed by atoms with Crippen LogP contribution in [0.4, 0.5) is 0 Å². The lowest BCUT2D eigenvalue weighted by atomic mass is 9.72. The van der Waals surface area contributed by atoms with E-state index in [2.05, 4.69) is 13.8 Å².